The summed E-state index contributed by atoms with van der Waals surface area (Å²) in [6, 6.07) is 3.91. The van der Waals surface area contributed by atoms with Crippen molar-refractivity contribution in [3.8, 4) is 5.75 Å². The Morgan fingerprint density at radius 2 is 1.95 bits per heavy atom. The molecule has 0 aromatic heterocycles. The molecule has 1 aromatic rings. The Morgan fingerprint density at radius 1 is 1.25 bits per heavy atom. The Bertz CT molecular complexity index is 505. The number of nitrogens with zero attached hydrogens (tertiary/aromatic N) is 1. The summed E-state index contributed by atoms with van der Waals surface area (Å²) in [7, 11) is 1.58. The van der Waals surface area contributed by atoms with Gasteiger partial charge in [-0.25, -0.2) is 4.39 Å². The minimum Gasteiger partial charge on any atom is -0.496 e. The minimum atomic E-state index is -0.674. The molecular formula is C16H20FNO2. The summed E-state index contributed by atoms with van der Waals surface area (Å²) in [5.74, 6) is 1.17. The molecule has 1 aliphatic heterocycles. The zero-order chi connectivity index (χ0) is 14.1. The lowest BCUT2D eigenvalue weighted by Crippen LogP contribution is -2.35. The number of aldehydes is 1. The van der Waals surface area contributed by atoms with Gasteiger partial charge in [-0.3, -0.25) is 4.79 Å². The molecule has 0 atom stereocenters. The van der Waals surface area contributed by atoms with Gasteiger partial charge in [0.1, 0.15) is 11.9 Å². The molecule has 20 heavy (non-hydrogen) atoms. The predicted molar refractivity (Wildman–Crippen MR) is 76.7 cm³/mol. The lowest BCUT2D eigenvalue weighted by Gasteiger charge is -2.32. The Hall–Kier alpha value is -1.58. The van der Waals surface area contributed by atoms with Crippen LogP contribution in [0.4, 0.5) is 10.1 Å². The van der Waals surface area contributed by atoms with Gasteiger partial charge in [-0.05, 0) is 43.2 Å². The van der Waals surface area contributed by atoms with Gasteiger partial charge in [-0.15, -0.1) is 0 Å². The zero-order valence-corrected chi connectivity index (χ0v) is 11.8. The SMILES string of the molecule is COc1cc(N2CCC(F)CC2)c(C2CC2)cc1C=O. The Labute approximate surface area is 118 Å². The van der Waals surface area contributed by atoms with Crippen molar-refractivity contribution in [1.82, 2.24) is 0 Å². The maximum Gasteiger partial charge on any atom is 0.153 e. The summed E-state index contributed by atoms with van der Waals surface area (Å²) >= 11 is 0. The average Bonchev–Trinajstić information content (AvgIpc) is 3.31. The van der Waals surface area contributed by atoms with Gasteiger partial charge in [0.15, 0.2) is 6.29 Å². The molecule has 3 rings (SSSR count). The van der Waals surface area contributed by atoms with E-state index in [2.05, 4.69) is 4.90 Å². The van der Waals surface area contributed by atoms with E-state index >= 15 is 0 Å². The maximum absolute atomic E-state index is 13.3. The van der Waals surface area contributed by atoms with Crippen molar-refractivity contribution in [3.05, 3.63) is 23.3 Å². The van der Waals surface area contributed by atoms with Gasteiger partial charge < -0.3 is 9.64 Å². The highest BCUT2D eigenvalue weighted by atomic mass is 19.1. The van der Waals surface area contributed by atoms with Crippen LogP contribution in [0.5, 0.6) is 5.75 Å². The predicted octanol–water partition coefficient (Wildman–Crippen LogP) is 3.32. The van der Waals surface area contributed by atoms with E-state index in [-0.39, 0.29) is 0 Å². The number of anilines is 1. The molecule has 0 N–H and O–H groups in total. The van der Waals surface area contributed by atoms with E-state index in [0.717, 1.165) is 25.1 Å². The highest BCUT2D eigenvalue weighted by Crippen LogP contribution is 2.46. The third kappa shape index (κ3) is 2.51. The van der Waals surface area contributed by atoms with Crippen LogP contribution in [-0.4, -0.2) is 32.7 Å². The van der Waals surface area contributed by atoms with Crippen molar-refractivity contribution in [2.75, 3.05) is 25.1 Å². The number of ether oxygens (including phenoxy) is 1. The highest BCUT2D eigenvalue weighted by Gasteiger charge is 2.30. The van der Waals surface area contributed by atoms with Gasteiger partial charge in [0.05, 0.1) is 12.7 Å². The molecule has 1 aliphatic carbocycles. The molecule has 1 heterocycles. The molecule has 1 saturated carbocycles. The fraction of sp³-hybridized carbons (Fsp3) is 0.562. The highest BCUT2D eigenvalue weighted by molar-refractivity contribution is 5.82. The average molecular weight is 277 g/mol. The van der Waals surface area contributed by atoms with Gasteiger partial charge in [0.2, 0.25) is 0 Å². The van der Waals surface area contributed by atoms with Crippen molar-refractivity contribution in [1.29, 1.82) is 0 Å². The Balaban J connectivity index is 1.97. The number of rotatable bonds is 4. The molecule has 1 saturated heterocycles. The number of hydrogen-bond donors (Lipinski definition) is 0. The molecule has 0 bridgehead atoms. The van der Waals surface area contributed by atoms with Gasteiger partial charge in [-0.1, -0.05) is 0 Å². The molecule has 0 spiro atoms. The smallest absolute Gasteiger partial charge is 0.153 e. The van der Waals surface area contributed by atoms with Crippen LogP contribution in [0.2, 0.25) is 0 Å². The summed E-state index contributed by atoms with van der Waals surface area (Å²) in [5.41, 5.74) is 2.96. The fourth-order valence-electron chi connectivity index (χ4n) is 2.96. The van der Waals surface area contributed by atoms with Crippen molar-refractivity contribution in [2.45, 2.75) is 37.8 Å². The standard InChI is InChI=1S/C16H20FNO2/c1-20-16-9-15(18-6-4-13(17)5-7-18)14(11-2-3-11)8-12(16)10-19/h8-11,13H,2-7H2,1H3. The van der Waals surface area contributed by atoms with Crippen molar-refractivity contribution < 1.29 is 13.9 Å². The molecule has 0 unspecified atom stereocenters. The molecule has 1 aromatic carbocycles. The van der Waals surface area contributed by atoms with Crippen LogP contribution in [0.3, 0.4) is 0 Å². The van der Waals surface area contributed by atoms with Crippen LogP contribution >= 0.6 is 0 Å². The molecular weight excluding hydrogens is 257 g/mol. The first-order valence-electron chi connectivity index (χ1n) is 7.29. The van der Waals surface area contributed by atoms with Crippen LogP contribution < -0.4 is 9.64 Å². The number of carbonyl (C=O) groups excluding carboxylic acids is 1. The van der Waals surface area contributed by atoms with Crippen LogP contribution in [-0.2, 0) is 0 Å². The molecule has 108 valence electrons. The number of piperidine rings is 1. The van der Waals surface area contributed by atoms with E-state index in [1.165, 1.54) is 18.4 Å². The quantitative estimate of drug-likeness (QED) is 0.791. The topological polar surface area (TPSA) is 29.5 Å². The van der Waals surface area contributed by atoms with Gasteiger partial charge in [0, 0.05) is 24.8 Å². The summed E-state index contributed by atoms with van der Waals surface area (Å²) in [6.07, 6.45) is 3.70. The zero-order valence-electron chi connectivity index (χ0n) is 11.8. The molecule has 2 fully saturated rings. The molecule has 0 radical (unpaired) electrons. The van der Waals surface area contributed by atoms with Crippen LogP contribution in [0.1, 0.15) is 47.5 Å². The third-order valence-corrected chi connectivity index (χ3v) is 4.29. The molecule has 2 aliphatic rings. The number of hydrogen-bond acceptors (Lipinski definition) is 3. The second-order valence-corrected chi connectivity index (χ2v) is 5.71. The summed E-state index contributed by atoms with van der Waals surface area (Å²) < 4.78 is 18.6. The summed E-state index contributed by atoms with van der Waals surface area (Å²) in [4.78, 5) is 13.4. The normalized spacial score (nSPS) is 20.0. The number of carbonyl (C=O) groups is 1. The van der Waals surface area contributed by atoms with Gasteiger partial charge >= 0.3 is 0 Å². The van der Waals surface area contributed by atoms with E-state index in [4.69, 9.17) is 4.74 Å². The van der Waals surface area contributed by atoms with Crippen molar-refractivity contribution in [3.63, 3.8) is 0 Å². The second kappa shape index (κ2) is 5.43. The van der Waals surface area contributed by atoms with E-state index in [1.54, 1.807) is 7.11 Å². The number of methoxy groups -OCH3 is 1. The van der Waals surface area contributed by atoms with Crippen LogP contribution in [0, 0.1) is 0 Å². The second-order valence-electron chi connectivity index (χ2n) is 5.71. The lowest BCUT2D eigenvalue weighted by atomic mass is 10.0. The third-order valence-electron chi connectivity index (χ3n) is 4.29. The van der Waals surface area contributed by atoms with Gasteiger partial charge in [-0.2, -0.15) is 0 Å². The van der Waals surface area contributed by atoms with Crippen molar-refractivity contribution in [2.24, 2.45) is 0 Å². The lowest BCUT2D eigenvalue weighted by molar-refractivity contribution is 0.112. The first-order chi connectivity index (χ1) is 9.72. The van der Waals surface area contributed by atoms with Gasteiger partial charge in [0.25, 0.3) is 0 Å². The largest absolute Gasteiger partial charge is 0.496 e. The minimum absolute atomic E-state index is 0.553. The number of benzene rings is 1. The summed E-state index contributed by atoms with van der Waals surface area (Å²) in [5, 5.41) is 0. The monoisotopic (exact) mass is 277 g/mol. The summed E-state index contributed by atoms with van der Waals surface area (Å²) in [6.45, 7) is 1.48. The maximum atomic E-state index is 13.3. The first kappa shape index (κ1) is 13.4. The number of alkyl halides is 1. The molecule has 0 amide bonds. The Morgan fingerprint density at radius 3 is 2.50 bits per heavy atom. The van der Waals surface area contributed by atoms with Crippen LogP contribution in [0.15, 0.2) is 12.1 Å². The molecule has 4 heteroatoms. The van der Waals surface area contributed by atoms with Crippen molar-refractivity contribution >= 4 is 12.0 Å². The number of halogens is 1. The van der Waals surface area contributed by atoms with E-state index in [9.17, 15) is 9.18 Å². The van der Waals surface area contributed by atoms with E-state index in [0.29, 0.717) is 30.1 Å². The van der Waals surface area contributed by atoms with Crippen LogP contribution in [0.25, 0.3) is 0 Å². The van der Waals surface area contributed by atoms with E-state index in [1.807, 2.05) is 12.1 Å². The Kier molecular flexibility index (Phi) is 3.64. The molecule has 3 nitrogen and oxygen atoms in total. The first-order valence-corrected chi connectivity index (χ1v) is 7.29. The van der Waals surface area contributed by atoms with E-state index < -0.39 is 6.17 Å². The fourth-order valence-corrected chi connectivity index (χ4v) is 2.96.